The molecule has 3 rings (SSSR count). The van der Waals surface area contributed by atoms with E-state index in [0.29, 0.717) is 5.13 Å². The molecule has 3 N–H and O–H groups in total. The molecular weight excluding hydrogens is 290 g/mol. The monoisotopic (exact) mass is 305 g/mol. The van der Waals surface area contributed by atoms with Crippen LogP contribution >= 0.6 is 23.1 Å². The van der Waals surface area contributed by atoms with Crippen molar-refractivity contribution in [2.45, 2.75) is 18.1 Å². The van der Waals surface area contributed by atoms with Crippen molar-refractivity contribution in [3.05, 3.63) is 29.6 Å². The smallest absolute Gasteiger partial charge is 0.239 e. The highest BCUT2D eigenvalue weighted by Crippen LogP contribution is 2.29. The number of hydrogen-bond donors (Lipinski definition) is 2. The summed E-state index contributed by atoms with van der Waals surface area (Å²) in [5, 5.41) is 5.60. The quantitative estimate of drug-likeness (QED) is 0.854. The van der Waals surface area contributed by atoms with E-state index in [1.54, 1.807) is 11.8 Å². The van der Waals surface area contributed by atoms with Crippen LogP contribution in [0.4, 0.5) is 10.8 Å². The van der Waals surface area contributed by atoms with Crippen LogP contribution in [0.1, 0.15) is 12.8 Å². The highest BCUT2D eigenvalue weighted by molar-refractivity contribution is 8.00. The average molecular weight is 305 g/mol. The van der Waals surface area contributed by atoms with Crippen LogP contribution in [0.2, 0.25) is 0 Å². The van der Waals surface area contributed by atoms with E-state index in [0.717, 1.165) is 35.5 Å². The van der Waals surface area contributed by atoms with Crippen molar-refractivity contribution in [2.75, 3.05) is 16.8 Å². The van der Waals surface area contributed by atoms with E-state index in [9.17, 15) is 4.79 Å². The van der Waals surface area contributed by atoms with Gasteiger partial charge in [-0.05, 0) is 30.7 Å². The Kier molecular flexibility index (Phi) is 3.93. The van der Waals surface area contributed by atoms with Crippen LogP contribution in [0.5, 0.6) is 0 Å². The fourth-order valence-electron chi connectivity index (χ4n) is 2.09. The highest BCUT2D eigenvalue weighted by Gasteiger charge is 2.24. The van der Waals surface area contributed by atoms with Gasteiger partial charge in [-0.3, -0.25) is 4.79 Å². The number of nitrogens with one attached hydrogen (secondary N) is 1. The van der Waals surface area contributed by atoms with E-state index in [4.69, 9.17) is 5.73 Å². The number of carbonyl (C=O) groups is 1. The Bertz CT molecular complexity index is 603. The van der Waals surface area contributed by atoms with E-state index in [-0.39, 0.29) is 11.2 Å². The maximum Gasteiger partial charge on any atom is 0.239 e. The lowest BCUT2D eigenvalue weighted by Crippen LogP contribution is -2.22. The number of thioether (sulfide) groups is 1. The second-order valence-corrected chi connectivity index (χ2v) is 6.82. The Morgan fingerprint density at radius 3 is 2.85 bits per heavy atom. The van der Waals surface area contributed by atoms with Gasteiger partial charge in [0.1, 0.15) is 0 Å². The molecule has 0 aliphatic carbocycles. The maximum atomic E-state index is 12.0. The molecule has 1 saturated heterocycles. The van der Waals surface area contributed by atoms with E-state index in [1.807, 2.05) is 29.6 Å². The molecule has 0 spiro atoms. The summed E-state index contributed by atoms with van der Waals surface area (Å²) in [4.78, 5) is 16.5. The van der Waals surface area contributed by atoms with Crippen molar-refractivity contribution in [1.82, 2.24) is 4.98 Å². The van der Waals surface area contributed by atoms with Gasteiger partial charge < -0.3 is 11.1 Å². The number of hydrogen-bond acceptors (Lipinski definition) is 5. The molecule has 6 heteroatoms. The van der Waals surface area contributed by atoms with Gasteiger partial charge in [0.05, 0.1) is 10.9 Å². The number of anilines is 2. The van der Waals surface area contributed by atoms with Crippen molar-refractivity contribution in [3.8, 4) is 11.3 Å². The molecule has 0 bridgehead atoms. The number of nitrogen functional groups attached to an aromatic ring is 1. The first kappa shape index (κ1) is 13.5. The van der Waals surface area contributed by atoms with Gasteiger partial charge in [0.25, 0.3) is 0 Å². The van der Waals surface area contributed by atoms with Gasteiger partial charge in [-0.2, -0.15) is 0 Å². The SMILES string of the molecule is Nc1ccc(-c2csc(NC(=O)C3CCCS3)n2)cc1. The molecule has 1 atom stereocenters. The van der Waals surface area contributed by atoms with Gasteiger partial charge in [0, 0.05) is 16.6 Å². The van der Waals surface area contributed by atoms with E-state index in [2.05, 4.69) is 10.3 Å². The molecule has 0 radical (unpaired) electrons. The Hall–Kier alpha value is -1.53. The predicted octanol–water partition coefficient (Wildman–Crippen LogP) is 3.23. The van der Waals surface area contributed by atoms with Crippen LogP contribution in [-0.2, 0) is 4.79 Å². The van der Waals surface area contributed by atoms with Gasteiger partial charge in [-0.25, -0.2) is 4.98 Å². The minimum absolute atomic E-state index is 0.0747. The van der Waals surface area contributed by atoms with Gasteiger partial charge >= 0.3 is 0 Å². The van der Waals surface area contributed by atoms with E-state index in [1.165, 1.54) is 11.3 Å². The minimum atomic E-state index is 0.0747. The molecule has 1 fully saturated rings. The molecule has 1 unspecified atom stereocenters. The summed E-state index contributed by atoms with van der Waals surface area (Å²) in [6.45, 7) is 0. The standard InChI is InChI=1S/C14H15N3OS2/c15-10-5-3-9(4-6-10)11-8-20-14(16-11)17-13(18)12-2-1-7-19-12/h3-6,8,12H,1-2,7,15H2,(H,16,17,18). The van der Waals surface area contributed by atoms with Crippen molar-refractivity contribution in [3.63, 3.8) is 0 Å². The van der Waals surface area contributed by atoms with Crippen LogP contribution in [0.3, 0.4) is 0 Å². The van der Waals surface area contributed by atoms with E-state index >= 15 is 0 Å². The molecule has 1 aliphatic rings. The molecule has 1 aromatic heterocycles. The lowest BCUT2D eigenvalue weighted by atomic mass is 10.1. The zero-order valence-electron chi connectivity index (χ0n) is 10.8. The van der Waals surface area contributed by atoms with Gasteiger partial charge in [-0.1, -0.05) is 12.1 Å². The Morgan fingerprint density at radius 2 is 2.15 bits per heavy atom. The normalized spacial score (nSPS) is 18.1. The topological polar surface area (TPSA) is 68.0 Å². The molecule has 1 aliphatic heterocycles. The Labute approximate surface area is 125 Å². The number of rotatable bonds is 3. The second-order valence-electron chi connectivity index (χ2n) is 4.65. The van der Waals surface area contributed by atoms with Crippen LogP contribution in [0.25, 0.3) is 11.3 Å². The fraction of sp³-hybridized carbons (Fsp3) is 0.286. The molecule has 2 heterocycles. The Morgan fingerprint density at radius 1 is 1.35 bits per heavy atom. The third-order valence-corrected chi connectivity index (χ3v) is 5.30. The number of thiazole rings is 1. The lowest BCUT2D eigenvalue weighted by molar-refractivity contribution is -0.115. The zero-order valence-corrected chi connectivity index (χ0v) is 12.5. The second kappa shape index (κ2) is 5.85. The summed E-state index contributed by atoms with van der Waals surface area (Å²) < 4.78 is 0. The number of aromatic nitrogens is 1. The van der Waals surface area contributed by atoms with Gasteiger partial charge in [0.2, 0.25) is 5.91 Å². The minimum Gasteiger partial charge on any atom is -0.399 e. The first-order valence-electron chi connectivity index (χ1n) is 6.46. The number of carbonyl (C=O) groups excluding carboxylic acids is 1. The largest absolute Gasteiger partial charge is 0.399 e. The zero-order chi connectivity index (χ0) is 13.9. The lowest BCUT2D eigenvalue weighted by Gasteiger charge is -2.06. The number of nitrogens with two attached hydrogens (primary N) is 1. The van der Waals surface area contributed by atoms with Crippen LogP contribution < -0.4 is 11.1 Å². The summed E-state index contributed by atoms with van der Waals surface area (Å²) in [5.74, 6) is 1.15. The third kappa shape index (κ3) is 2.96. The first-order chi connectivity index (χ1) is 9.72. The van der Waals surface area contributed by atoms with Crippen LogP contribution in [0, 0.1) is 0 Å². The van der Waals surface area contributed by atoms with Gasteiger partial charge in [0.15, 0.2) is 5.13 Å². The molecular formula is C14H15N3OS2. The first-order valence-corrected chi connectivity index (χ1v) is 8.39. The summed E-state index contributed by atoms with van der Waals surface area (Å²) in [6.07, 6.45) is 2.09. The van der Waals surface area contributed by atoms with E-state index < -0.39 is 0 Å². The molecule has 1 amide bonds. The molecule has 20 heavy (non-hydrogen) atoms. The summed E-state index contributed by atoms with van der Waals surface area (Å²) in [5.41, 5.74) is 8.27. The van der Waals surface area contributed by atoms with Crippen molar-refractivity contribution in [1.29, 1.82) is 0 Å². The fourth-order valence-corrected chi connectivity index (χ4v) is 3.97. The average Bonchev–Trinajstić information content (AvgIpc) is 3.10. The Balaban J connectivity index is 1.70. The summed E-state index contributed by atoms with van der Waals surface area (Å²) >= 11 is 3.18. The third-order valence-electron chi connectivity index (χ3n) is 3.16. The maximum absolute atomic E-state index is 12.0. The molecule has 0 saturated carbocycles. The molecule has 104 valence electrons. The number of amides is 1. The molecule has 2 aromatic rings. The highest BCUT2D eigenvalue weighted by atomic mass is 32.2. The molecule has 4 nitrogen and oxygen atoms in total. The van der Waals surface area contributed by atoms with Crippen molar-refractivity contribution < 1.29 is 4.79 Å². The summed E-state index contributed by atoms with van der Waals surface area (Å²) in [6, 6.07) is 7.57. The van der Waals surface area contributed by atoms with Crippen LogP contribution in [0.15, 0.2) is 29.6 Å². The van der Waals surface area contributed by atoms with Crippen LogP contribution in [-0.4, -0.2) is 21.9 Å². The number of benzene rings is 1. The number of nitrogens with zero attached hydrogens (tertiary/aromatic N) is 1. The van der Waals surface area contributed by atoms with Crippen molar-refractivity contribution in [2.24, 2.45) is 0 Å². The summed E-state index contributed by atoms with van der Waals surface area (Å²) in [7, 11) is 0. The van der Waals surface area contributed by atoms with Gasteiger partial charge in [-0.15, -0.1) is 23.1 Å². The molecule has 1 aromatic carbocycles. The predicted molar refractivity (Wildman–Crippen MR) is 86.1 cm³/mol. The van der Waals surface area contributed by atoms with Crippen molar-refractivity contribution >= 4 is 39.8 Å².